The summed E-state index contributed by atoms with van der Waals surface area (Å²) in [6.07, 6.45) is 4.04. The van der Waals surface area contributed by atoms with Gasteiger partial charge in [-0.3, -0.25) is 9.48 Å². The Bertz CT molecular complexity index is 490. The van der Waals surface area contributed by atoms with Crippen molar-refractivity contribution < 1.29 is 9.90 Å². The number of rotatable bonds is 6. The van der Waals surface area contributed by atoms with Crippen molar-refractivity contribution in [3.8, 4) is 0 Å². The van der Waals surface area contributed by atoms with Gasteiger partial charge in [-0.05, 0) is 32.3 Å². The van der Waals surface area contributed by atoms with Crippen LogP contribution in [0, 0.1) is 19.8 Å². The van der Waals surface area contributed by atoms with Gasteiger partial charge in [0.1, 0.15) is 0 Å². The second kappa shape index (κ2) is 7.24. The van der Waals surface area contributed by atoms with E-state index in [2.05, 4.69) is 24.3 Å². The Hall–Kier alpha value is -1.62. The lowest BCUT2D eigenvalue weighted by Gasteiger charge is -2.17. The average Bonchev–Trinajstić information content (AvgIpc) is 2.60. The first-order chi connectivity index (χ1) is 9.35. The topological polar surface area (TPSA) is 67.2 Å². The maximum atomic E-state index is 11.9. The van der Waals surface area contributed by atoms with E-state index >= 15 is 0 Å². The van der Waals surface area contributed by atoms with Gasteiger partial charge in [-0.1, -0.05) is 13.8 Å². The molecule has 5 heteroatoms. The first-order valence-electron chi connectivity index (χ1n) is 6.94. The highest BCUT2D eigenvalue weighted by Gasteiger charge is 2.12. The van der Waals surface area contributed by atoms with Crippen LogP contribution in [0.5, 0.6) is 0 Å². The van der Waals surface area contributed by atoms with Gasteiger partial charge in [0.25, 0.3) is 0 Å². The quantitative estimate of drug-likeness (QED) is 0.777. The molecule has 0 spiro atoms. The second-order valence-corrected chi connectivity index (χ2v) is 5.56. The Labute approximate surface area is 120 Å². The number of nitrogens with zero attached hydrogens (tertiary/aromatic N) is 2. The minimum absolute atomic E-state index is 0.0390. The predicted molar refractivity (Wildman–Crippen MR) is 80.2 cm³/mol. The van der Waals surface area contributed by atoms with Crippen LogP contribution in [0.4, 0.5) is 0 Å². The molecule has 5 nitrogen and oxygen atoms in total. The number of amides is 1. The van der Waals surface area contributed by atoms with E-state index in [0.717, 1.165) is 23.4 Å². The molecule has 0 saturated carbocycles. The molecule has 0 bridgehead atoms. The normalized spacial score (nSPS) is 13.2. The van der Waals surface area contributed by atoms with E-state index in [0.29, 0.717) is 5.92 Å². The molecule has 0 radical (unpaired) electrons. The van der Waals surface area contributed by atoms with Crippen molar-refractivity contribution in [3.05, 3.63) is 23.0 Å². The van der Waals surface area contributed by atoms with Gasteiger partial charge in [0, 0.05) is 24.4 Å². The molecule has 1 aromatic rings. The van der Waals surface area contributed by atoms with Crippen molar-refractivity contribution in [1.29, 1.82) is 0 Å². The molecule has 0 saturated heterocycles. The molecule has 1 rings (SSSR count). The maximum absolute atomic E-state index is 11.9. The predicted octanol–water partition coefficient (Wildman–Crippen LogP) is 1.57. The number of aliphatic hydroxyl groups excluding tert-OH is 1. The van der Waals surface area contributed by atoms with Crippen molar-refractivity contribution in [2.45, 2.75) is 40.2 Å². The lowest BCUT2D eigenvalue weighted by atomic mass is 10.0. The summed E-state index contributed by atoms with van der Waals surface area (Å²) in [5, 5.41) is 16.4. The molecule has 0 aliphatic rings. The number of aromatic nitrogens is 2. The molecular weight excluding hydrogens is 254 g/mol. The van der Waals surface area contributed by atoms with E-state index in [1.807, 2.05) is 20.9 Å². The summed E-state index contributed by atoms with van der Waals surface area (Å²) in [4.78, 5) is 11.9. The number of hydrogen-bond donors (Lipinski definition) is 2. The molecule has 0 aromatic carbocycles. The number of aliphatic hydroxyl groups is 1. The van der Waals surface area contributed by atoms with E-state index in [4.69, 9.17) is 0 Å². The smallest absolute Gasteiger partial charge is 0.244 e. The molecule has 0 fully saturated rings. The first kappa shape index (κ1) is 16.4. The second-order valence-electron chi connectivity index (χ2n) is 5.56. The molecule has 0 aliphatic heterocycles. The molecule has 1 amide bonds. The van der Waals surface area contributed by atoms with E-state index in [9.17, 15) is 9.90 Å². The Morgan fingerprint density at radius 3 is 2.55 bits per heavy atom. The van der Waals surface area contributed by atoms with Crippen LogP contribution >= 0.6 is 0 Å². The van der Waals surface area contributed by atoms with E-state index in [1.165, 1.54) is 6.08 Å². The van der Waals surface area contributed by atoms with Gasteiger partial charge < -0.3 is 10.4 Å². The Morgan fingerprint density at radius 1 is 1.45 bits per heavy atom. The minimum Gasteiger partial charge on any atom is -0.394 e. The number of nitrogens with one attached hydrogen (secondary N) is 1. The van der Waals surface area contributed by atoms with Crippen LogP contribution < -0.4 is 5.32 Å². The fourth-order valence-electron chi connectivity index (χ4n) is 2.19. The van der Waals surface area contributed by atoms with Crippen molar-refractivity contribution in [2.75, 3.05) is 6.61 Å². The maximum Gasteiger partial charge on any atom is 0.244 e. The molecule has 112 valence electrons. The number of aryl methyl sites for hydroxylation is 2. The Kier molecular flexibility index (Phi) is 5.95. The van der Waals surface area contributed by atoms with Crippen molar-refractivity contribution in [1.82, 2.24) is 15.1 Å². The molecule has 0 aliphatic carbocycles. The van der Waals surface area contributed by atoms with Gasteiger partial charge in [0.05, 0.1) is 18.3 Å². The van der Waals surface area contributed by atoms with Gasteiger partial charge in [-0.15, -0.1) is 0 Å². The Morgan fingerprint density at radius 2 is 2.10 bits per heavy atom. The molecule has 20 heavy (non-hydrogen) atoms. The fourth-order valence-corrected chi connectivity index (χ4v) is 2.19. The lowest BCUT2D eigenvalue weighted by Crippen LogP contribution is -2.37. The Balaban J connectivity index is 2.67. The summed E-state index contributed by atoms with van der Waals surface area (Å²) in [6.45, 7) is 7.97. The highest BCUT2D eigenvalue weighted by molar-refractivity contribution is 5.92. The van der Waals surface area contributed by atoms with Crippen LogP contribution in [0.1, 0.15) is 37.2 Å². The summed E-state index contributed by atoms with van der Waals surface area (Å²) >= 11 is 0. The average molecular weight is 279 g/mol. The van der Waals surface area contributed by atoms with Crippen LogP contribution in [0.25, 0.3) is 6.08 Å². The van der Waals surface area contributed by atoms with Crippen molar-refractivity contribution in [2.24, 2.45) is 13.0 Å². The summed E-state index contributed by atoms with van der Waals surface area (Å²) in [5.74, 6) is 0.242. The van der Waals surface area contributed by atoms with E-state index in [1.54, 1.807) is 10.8 Å². The largest absolute Gasteiger partial charge is 0.394 e. The monoisotopic (exact) mass is 279 g/mol. The third-order valence-electron chi connectivity index (χ3n) is 3.29. The standard InChI is InChI=1S/C15H25N3O2/c1-10(2)8-13(9-19)16-15(20)7-6-14-11(3)17-18(5)12(14)4/h6-7,10,13,19H,8-9H2,1-5H3,(H,16,20)/b7-6+. The van der Waals surface area contributed by atoms with Gasteiger partial charge in [0.15, 0.2) is 0 Å². The van der Waals surface area contributed by atoms with Crippen LogP contribution in [0.3, 0.4) is 0 Å². The van der Waals surface area contributed by atoms with Gasteiger partial charge in [-0.25, -0.2) is 0 Å². The van der Waals surface area contributed by atoms with E-state index in [-0.39, 0.29) is 18.6 Å². The molecular formula is C15H25N3O2. The highest BCUT2D eigenvalue weighted by atomic mass is 16.3. The van der Waals surface area contributed by atoms with E-state index < -0.39 is 0 Å². The zero-order valence-electron chi connectivity index (χ0n) is 13.0. The van der Waals surface area contributed by atoms with Crippen LogP contribution in [-0.2, 0) is 11.8 Å². The van der Waals surface area contributed by atoms with Crippen LogP contribution in [0.2, 0.25) is 0 Å². The van der Waals surface area contributed by atoms with Crippen molar-refractivity contribution in [3.63, 3.8) is 0 Å². The summed E-state index contributed by atoms with van der Waals surface area (Å²) in [7, 11) is 1.88. The van der Waals surface area contributed by atoms with Crippen LogP contribution in [0.15, 0.2) is 6.08 Å². The lowest BCUT2D eigenvalue weighted by molar-refractivity contribution is -0.117. The zero-order chi connectivity index (χ0) is 15.3. The third kappa shape index (κ3) is 4.49. The third-order valence-corrected chi connectivity index (χ3v) is 3.29. The molecule has 1 unspecified atom stereocenters. The number of carbonyl (C=O) groups is 1. The summed E-state index contributed by atoms with van der Waals surface area (Å²) in [6, 6.07) is -0.191. The summed E-state index contributed by atoms with van der Waals surface area (Å²) < 4.78 is 1.79. The first-order valence-corrected chi connectivity index (χ1v) is 6.94. The fraction of sp³-hybridized carbons (Fsp3) is 0.600. The minimum atomic E-state index is -0.191. The van der Waals surface area contributed by atoms with Gasteiger partial charge in [-0.2, -0.15) is 5.10 Å². The van der Waals surface area contributed by atoms with Crippen molar-refractivity contribution >= 4 is 12.0 Å². The van der Waals surface area contributed by atoms with Gasteiger partial charge in [0.2, 0.25) is 5.91 Å². The van der Waals surface area contributed by atoms with Crippen LogP contribution in [-0.4, -0.2) is 33.4 Å². The van der Waals surface area contributed by atoms with Gasteiger partial charge >= 0.3 is 0 Å². The summed E-state index contributed by atoms with van der Waals surface area (Å²) in [5.41, 5.74) is 2.88. The SMILES string of the molecule is Cc1nn(C)c(C)c1/C=C/C(=O)NC(CO)CC(C)C. The highest BCUT2D eigenvalue weighted by Crippen LogP contribution is 2.13. The zero-order valence-corrected chi connectivity index (χ0v) is 13.0. The molecule has 1 atom stereocenters. The molecule has 1 heterocycles. The molecule has 2 N–H and O–H groups in total. The molecule has 1 aromatic heterocycles. The number of hydrogen-bond acceptors (Lipinski definition) is 3. The number of carbonyl (C=O) groups excluding carboxylic acids is 1.